The summed E-state index contributed by atoms with van der Waals surface area (Å²) in [6, 6.07) is 13.1. The van der Waals surface area contributed by atoms with Gasteiger partial charge in [-0.25, -0.2) is 14.4 Å². The Morgan fingerprint density at radius 3 is 2.59 bits per heavy atom. The van der Waals surface area contributed by atoms with Gasteiger partial charge in [-0.3, -0.25) is 14.5 Å². The summed E-state index contributed by atoms with van der Waals surface area (Å²) in [6.45, 7) is 3.04. The number of hydrogen-bond acceptors (Lipinski definition) is 6. The number of carbonyl (C=O) groups excluding carboxylic acids is 2. The third-order valence-corrected chi connectivity index (χ3v) is 7.62. The number of nitrogens with zero attached hydrogens (tertiary/aromatic N) is 4. The van der Waals surface area contributed by atoms with Gasteiger partial charge < -0.3 is 19.4 Å². The number of halogens is 3. The zero-order valence-corrected chi connectivity index (χ0v) is 23.8. The summed E-state index contributed by atoms with van der Waals surface area (Å²) in [6.07, 6.45) is 1.50. The van der Waals surface area contributed by atoms with Gasteiger partial charge in [-0.05, 0) is 44.2 Å². The van der Waals surface area contributed by atoms with Crippen molar-refractivity contribution in [2.24, 2.45) is 0 Å². The van der Waals surface area contributed by atoms with E-state index in [0.29, 0.717) is 49.8 Å². The quantitative estimate of drug-likeness (QED) is 0.279. The number of anilines is 2. The first-order valence-corrected chi connectivity index (χ1v) is 13.5. The third kappa shape index (κ3) is 3.96. The Kier molecular flexibility index (Phi) is 6.62. The molecule has 41 heavy (non-hydrogen) atoms. The molecule has 210 valence electrons. The van der Waals surface area contributed by atoms with Crippen molar-refractivity contribution in [1.29, 1.82) is 0 Å². The van der Waals surface area contributed by atoms with Crippen LogP contribution in [0.4, 0.5) is 15.8 Å². The van der Waals surface area contributed by atoms with Gasteiger partial charge in [0.1, 0.15) is 24.9 Å². The van der Waals surface area contributed by atoms with Crippen LogP contribution in [0.2, 0.25) is 10.0 Å². The number of fused-ring (bicyclic) bond motifs is 4. The fraction of sp³-hybridized carbons (Fsp3) is 0.241. The van der Waals surface area contributed by atoms with Gasteiger partial charge in [0, 0.05) is 45.3 Å². The fourth-order valence-electron chi connectivity index (χ4n) is 5.62. The molecule has 4 heterocycles. The predicted molar refractivity (Wildman–Crippen MR) is 153 cm³/mol. The van der Waals surface area contributed by atoms with Gasteiger partial charge in [0.05, 0.1) is 18.4 Å². The number of pyridine rings is 1. The summed E-state index contributed by atoms with van der Waals surface area (Å²) in [7, 11) is 1.48. The molecule has 0 bridgehead atoms. The average Bonchev–Trinajstić information content (AvgIpc) is 3.55. The van der Waals surface area contributed by atoms with Crippen LogP contribution < -0.4 is 19.7 Å². The van der Waals surface area contributed by atoms with Crippen LogP contribution in [0.5, 0.6) is 11.6 Å². The first kappa shape index (κ1) is 27.0. The molecule has 1 spiro atoms. The van der Waals surface area contributed by atoms with Gasteiger partial charge in [0.25, 0.3) is 11.8 Å². The smallest absolute Gasteiger partial charge is 0.280 e. The lowest BCUT2D eigenvalue weighted by Gasteiger charge is -2.35. The highest BCUT2D eigenvalue weighted by Crippen LogP contribution is 2.54. The van der Waals surface area contributed by atoms with E-state index in [1.807, 2.05) is 18.4 Å². The number of rotatable bonds is 7. The molecule has 0 radical (unpaired) electrons. The Balaban J connectivity index is 1.66. The number of methoxy groups -OCH3 is 1. The maximum absolute atomic E-state index is 14.3. The summed E-state index contributed by atoms with van der Waals surface area (Å²) in [5.74, 6) is 0.000742. The van der Waals surface area contributed by atoms with Crippen molar-refractivity contribution >= 4 is 46.4 Å². The molecule has 12 heteroatoms. The molecule has 6 rings (SSSR count). The van der Waals surface area contributed by atoms with Crippen LogP contribution in [0.15, 0.2) is 54.7 Å². The van der Waals surface area contributed by atoms with Crippen LogP contribution in [0.25, 0.3) is 11.4 Å². The van der Waals surface area contributed by atoms with Gasteiger partial charge in [-0.15, -0.1) is 0 Å². The first-order valence-electron chi connectivity index (χ1n) is 12.8. The predicted octanol–water partition coefficient (Wildman–Crippen LogP) is 6.05. The van der Waals surface area contributed by atoms with Gasteiger partial charge in [0.15, 0.2) is 11.2 Å². The zero-order chi connectivity index (χ0) is 29.1. The van der Waals surface area contributed by atoms with Crippen LogP contribution in [-0.2, 0) is 10.3 Å². The summed E-state index contributed by atoms with van der Waals surface area (Å²) in [4.78, 5) is 39.1. The molecule has 2 amide bonds. The summed E-state index contributed by atoms with van der Waals surface area (Å²) < 4.78 is 25.5. The highest BCUT2D eigenvalue weighted by molar-refractivity contribution is 6.32. The second-order valence-corrected chi connectivity index (χ2v) is 10.7. The lowest BCUT2D eigenvalue weighted by molar-refractivity contribution is -0.119. The molecule has 0 saturated carbocycles. The van der Waals surface area contributed by atoms with Gasteiger partial charge in [-0.2, -0.15) is 0 Å². The van der Waals surface area contributed by atoms with Crippen molar-refractivity contribution in [3.63, 3.8) is 0 Å². The average molecular weight is 596 g/mol. The van der Waals surface area contributed by atoms with Crippen molar-refractivity contribution in [3.05, 3.63) is 81.7 Å². The molecule has 0 aliphatic carbocycles. The van der Waals surface area contributed by atoms with Crippen LogP contribution in [0, 0.1) is 0 Å². The minimum absolute atomic E-state index is 0.103. The van der Waals surface area contributed by atoms with E-state index in [0.717, 1.165) is 0 Å². The molecule has 2 aromatic carbocycles. The van der Waals surface area contributed by atoms with E-state index < -0.39 is 24.0 Å². The number of hydrogen-bond donors (Lipinski definition) is 1. The Bertz CT molecular complexity index is 1730. The molecule has 2 aliphatic rings. The van der Waals surface area contributed by atoms with E-state index >= 15 is 0 Å². The Morgan fingerprint density at radius 1 is 1.10 bits per heavy atom. The highest BCUT2D eigenvalue weighted by Gasteiger charge is 2.64. The number of benzene rings is 2. The normalized spacial score (nSPS) is 17.3. The SMILES string of the molecule is COc1cc(OCCF)ncc1-c1nc2c(n1C(C)C)[C@]1(C(=O)Nc3cc(Cl)ccc31)N(c1cccc(Cl)c1)C2=O. The third-order valence-electron chi connectivity index (χ3n) is 7.15. The van der Waals surface area contributed by atoms with E-state index in [-0.39, 0.29) is 24.2 Å². The summed E-state index contributed by atoms with van der Waals surface area (Å²) >= 11 is 12.6. The Labute approximate surface area is 244 Å². The lowest BCUT2D eigenvalue weighted by Crippen LogP contribution is -2.51. The van der Waals surface area contributed by atoms with E-state index in [9.17, 15) is 14.0 Å². The highest BCUT2D eigenvalue weighted by atomic mass is 35.5. The molecule has 1 atom stereocenters. The van der Waals surface area contributed by atoms with Crippen LogP contribution in [0.1, 0.15) is 41.6 Å². The second-order valence-electron chi connectivity index (χ2n) is 9.83. The standard InChI is InChI=1S/C29H24Cl2FN5O4/c1-15(2)36-25-24(35-26(36)19-14-33-23(41-10-9-32)13-22(19)40-3)27(38)37(18-6-4-5-16(30)11-18)29(25)20-8-7-17(31)12-21(20)34-28(29)39/h4-8,11-15H,9-10H2,1-3H3,(H,34,39)/t29-/m1/s1. The Morgan fingerprint density at radius 2 is 1.88 bits per heavy atom. The molecule has 4 aromatic rings. The number of aromatic nitrogens is 3. The maximum Gasteiger partial charge on any atom is 0.280 e. The molecule has 0 fully saturated rings. The minimum atomic E-state index is -1.61. The molecular weight excluding hydrogens is 572 g/mol. The number of nitrogens with one attached hydrogen (secondary N) is 1. The number of imidazole rings is 1. The van der Waals surface area contributed by atoms with Crippen molar-refractivity contribution < 1.29 is 23.5 Å². The number of ether oxygens (including phenoxy) is 2. The molecule has 1 N–H and O–H groups in total. The molecule has 2 aliphatic heterocycles. The van der Waals surface area contributed by atoms with Crippen LogP contribution in [-0.4, -0.2) is 46.7 Å². The minimum Gasteiger partial charge on any atom is -0.496 e. The number of amides is 2. The molecule has 0 saturated heterocycles. The summed E-state index contributed by atoms with van der Waals surface area (Å²) in [5.41, 5.74) is 0.822. The maximum atomic E-state index is 14.3. The van der Waals surface area contributed by atoms with Crippen LogP contribution >= 0.6 is 23.2 Å². The topological polar surface area (TPSA) is 98.6 Å². The molecule has 0 unspecified atom stereocenters. The molecule has 9 nitrogen and oxygen atoms in total. The zero-order valence-electron chi connectivity index (χ0n) is 22.2. The Hall–Kier alpha value is -4.15. The van der Waals surface area contributed by atoms with Gasteiger partial charge >= 0.3 is 0 Å². The number of carbonyl (C=O) groups is 2. The van der Waals surface area contributed by atoms with Crippen molar-refractivity contribution in [1.82, 2.24) is 14.5 Å². The fourth-order valence-corrected chi connectivity index (χ4v) is 5.97. The van der Waals surface area contributed by atoms with Crippen LogP contribution in [0.3, 0.4) is 0 Å². The van der Waals surface area contributed by atoms with Crippen molar-refractivity contribution in [3.8, 4) is 23.0 Å². The van der Waals surface area contributed by atoms with E-state index in [4.69, 9.17) is 37.7 Å². The second kappa shape index (κ2) is 10.0. The summed E-state index contributed by atoms with van der Waals surface area (Å²) in [5, 5.41) is 3.78. The first-order chi connectivity index (χ1) is 19.7. The van der Waals surface area contributed by atoms with E-state index in [2.05, 4.69) is 10.3 Å². The largest absolute Gasteiger partial charge is 0.496 e. The van der Waals surface area contributed by atoms with Gasteiger partial charge in [-0.1, -0.05) is 35.3 Å². The number of alkyl halides is 1. The monoisotopic (exact) mass is 595 g/mol. The molecular formula is C29H24Cl2FN5O4. The van der Waals surface area contributed by atoms with E-state index in [1.54, 1.807) is 42.5 Å². The van der Waals surface area contributed by atoms with E-state index in [1.165, 1.54) is 24.3 Å². The molecule has 2 aromatic heterocycles. The van der Waals surface area contributed by atoms with Gasteiger partial charge in [0.2, 0.25) is 5.88 Å². The van der Waals surface area contributed by atoms with Crippen molar-refractivity contribution in [2.75, 3.05) is 30.6 Å². The van der Waals surface area contributed by atoms with Crippen molar-refractivity contribution in [2.45, 2.75) is 25.4 Å². The lowest BCUT2D eigenvalue weighted by atomic mass is 9.87.